The van der Waals surface area contributed by atoms with Crippen molar-refractivity contribution in [3.8, 4) is 23.1 Å². The average molecular weight is 547 g/mol. The number of hydrogen-bond acceptors (Lipinski definition) is 5. The van der Waals surface area contributed by atoms with Gasteiger partial charge in [0.1, 0.15) is 11.9 Å². The minimum atomic E-state index is -0.289. The third kappa shape index (κ3) is 10.6. The lowest BCUT2D eigenvalue weighted by molar-refractivity contribution is 0.0105. The van der Waals surface area contributed by atoms with E-state index in [1.807, 2.05) is 36.4 Å². The van der Waals surface area contributed by atoms with Gasteiger partial charge >= 0.3 is 5.97 Å². The van der Waals surface area contributed by atoms with E-state index in [0.717, 1.165) is 68.6 Å². The monoisotopic (exact) mass is 546 g/mol. The molecular formula is C35H50N2O3. The molecule has 0 spiro atoms. The summed E-state index contributed by atoms with van der Waals surface area (Å²) in [6, 6.07) is 14.0. The van der Waals surface area contributed by atoms with E-state index in [9.17, 15) is 10.1 Å². The van der Waals surface area contributed by atoms with Gasteiger partial charge in [0.25, 0.3) is 0 Å². The van der Waals surface area contributed by atoms with E-state index in [2.05, 4.69) is 24.9 Å². The third-order valence-corrected chi connectivity index (χ3v) is 8.33. The van der Waals surface area contributed by atoms with Crippen LogP contribution in [0.3, 0.4) is 0 Å². The smallest absolute Gasteiger partial charge is 0.338 e. The van der Waals surface area contributed by atoms with E-state index < -0.39 is 0 Å². The number of unbranched alkanes of at least 4 members (excludes halogenated alkanes) is 10. The van der Waals surface area contributed by atoms with Gasteiger partial charge in [-0.15, -0.1) is 0 Å². The molecule has 2 aromatic rings. The van der Waals surface area contributed by atoms with Crippen LogP contribution in [-0.2, 0) is 4.74 Å². The molecule has 0 N–H and O–H groups in total. The first-order valence-corrected chi connectivity index (χ1v) is 15.9. The molecule has 0 bridgehead atoms. The number of rotatable bonds is 18. The number of nitriles is 1. The molecular weight excluding hydrogens is 496 g/mol. The Kier molecular flexibility index (Phi) is 14.0. The molecule has 5 heteroatoms. The van der Waals surface area contributed by atoms with Crippen molar-refractivity contribution in [1.82, 2.24) is 4.98 Å². The molecule has 0 aliphatic heterocycles. The van der Waals surface area contributed by atoms with E-state index in [1.165, 1.54) is 64.2 Å². The van der Waals surface area contributed by atoms with Crippen molar-refractivity contribution < 1.29 is 14.3 Å². The van der Waals surface area contributed by atoms with Crippen LogP contribution >= 0.6 is 0 Å². The SMILES string of the molecule is CCCCCCCCCOc1ccc(-c2ccc(C(=O)OC3CCC(C#N)(CCCCCCC)CC3)cc2)nc1. The highest BCUT2D eigenvalue weighted by Gasteiger charge is 2.36. The van der Waals surface area contributed by atoms with Gasteiger partial charge in [-0.1, -0.05) is 96.6 Å². The molecule has 1 aromatic heterocycles. The van der Waals surface area contributed by atoms with Crippen LogP contribution in [0.5, 0.6) is 5.75 Å². The van der Waals surface area contributed by atoms with Crippen molar-refractivity contribution in [1.29, 1.82) is 5.26 Å². The van der Waals surface area contributed by atoms with E-state index in [0.29, 0.717) is 5.56 Å². The largest absolute Gasteiger partial charge is 0.492 e. The van der Waals surface area contributed by atoms with Crippen molar-refractivity contribution in [2.45, 2.75) is 129 Å². The van der Waals surface area contributed by atoms with E-state index in [1.54, 1.807) is 6.20 Å². The van der Waals surface area contributed by atoms with Crippen molar-refractivity contribution in [3.05, 3.63) is 48.2 Å². The maximum atomic E-state index is 12.8. The molecule has 40 heavy (non-hydrogen) atoms. The summed E-state index contributed by atoms with van der Waals surface area (Å²) in [6.07, 6.45) is 20.8. The zero-order valence-electron chi connectivity index (χ0n) is 25.0. The molecule has 1 saturated carbocycles. The van der Waals surface area contributed by atoms with E-state index in [4.69, 9.17) is 9.47 Å². The van der Waals surface area contributed by atoms with Gasteiger partial charge in [0, 0.05) is 5.56 Å². The van der Waals surface area contributed by atoms with Gasteiger partial charge in [0.2, 0.25) is 0 Å². The summed E-state index contributed by atoms with van der Waals surface area (Å²) < 4.78 is 11.7. The fourth-order valence-corrected chi connectivity index (χ4v) is 5.63. The number of hydrogen-bond donors (Lipinski definition) is 0. The number of benzene rings is 1. The van der Waals surface area contributed by atoms with Crippen molar-refractivity contribution in [2.75, 3.05) is 6.61 Å². The Morgan fingerprint density at radius 1 is 0.875 bits per heavy atom. The number of aromatic nitrogens is 1. The summed E-state index contributed by atoms with van der Waals surface area (Å²) in [6.45, 7) is 5.19. The van der Waals surface area contributed by atoms with Gasteiger partial charge in [-0.25, -0.2) is 4.79 Å². The van der Waals surface area contributed by atoms with Crippen LogP contribution in [0.4, 0.5) is 0 Å². The summed E-state index contributed by atoms with van der Waals surface area (Å²) in [7, 11) is 0. The lowest BCUT2D eigenvalue weighted by Gasteiger charge is -2.34. The highest BCUT2D eigenvalue weighted by Crippen LogP contribution is 2.41. The first kappa shape index (κ1) is 31.7. The first-order chi connectivity index (χ1) is 19.6. The zero-order chi connectivity index (χ0) is 28.5. The number of nitrogens with zero attached hydrogens (tertiary/aromatic N) is 2. The van der Waals surface area contributed by atoms with Crippen molar-refractivity contribution in [3.63, 3.8) is 0 Å². The van der Waals surface area contributed by atoms with Gasteiger partial charge < -0.3 is 9.47 Å². The standard InChI is InChI=1S/C35H50N2O3/c1-3-5-7-9-10-12-14-26-39-32-19-20-33(37-27-32)29-15-17-30(18-16-29)34(38)40-31-21-24-35(28-36,25-22-31)23-13-11-8-6-4-2/h15-20,27,31H,3-14,21-26H2,1-2H3. The molecule has 0 radical (unpaired) electrons. The summed E-state index contributed by atoms with van der Waals surface area (Å²) in [5, 5.41) is 9.84. The Morgan fingerprint density at radius 3 is 2.10 bits per heavy atom. The van der Waals surface area contributed by atoms with Gasteiger partial charge in [0.15, 0.2) is 0 Å². The molecule has 1 aliphatic carbocycles. The Bertz CT molecular complexity index is 1020. The molecule has 0 unspecified atom stereocenters. The molecule has 1 fully saturated rings. The fraction of sp³-hybridized carbons (Fsp3) is 0.629. The molecule has 1 heterocycles. The predicted octanol–water partition coefficient (Wildman–Crippen LogP) is 9.85. The van der Waals surface area contributed by atoms with Crippen LogP contribution in [0.15, 0.2) is 42.6 Å². The van der Waals surface area contributed by atoms with Crippen LogP contribution in [0, 0.1) is 16.7 Å². The number of pyridine rings is 1. The van der Waals surface area contributed by atoms with Crippen LogP contribution in [0.1, 0.15) is 133 Å². The van der Waals surface area contributed by atoms with E-state index >= 15 is 0 Å². The fourth-order valence-electron chi connectivity index (χ4n) is 5.63. The molecule has 0 atom stereocenters. The maximum absolute atomic E-state index is 12.8. The van der Waals surface area contributed by atoms with Gasteiger partial charge in [-0.2, -0.15) is 5.26 Å². The Labute approximate surface area is 242 Å². The molecule has 1 aromatic carbocycles. The summed E-state index contributed by atoms with van der Waals surface area (Å²) in [5.41, 5.74) is 2.10. The summed E-state index contributed by atoms with van der Waals surface area (Å²) in [5.74, 6) is 0.502. The van der Waals surface area contributed by atoms with Crippen molar-refractivity contribution in [2.24, 2.45) is 5.41 Å². The first-order valence-electron chi connectivity index (χ1n) is 15.9. The Balaban J connectivity index is 1.39. The Hall–Kier alpha value is -2.87. The van der Waals surface area contributed by atoms with Crippen molar-refractivity contribution >= 4 is 5.97 Å². The quantitative estimate of drug-likeness (QED) is 0.137. The summed E-state index contributed by atoms with van der Waals surface area (Å²) in [4.78, 5) is 17.4. The van der Waals surface area contributed by atoms with Gasteiger partial charge in [0.05, 0.1) is 35.5 Å². The number of carbonyl (C=O) groups excluding carboxylic acids is 1. The van der Waals surface area contributed by atoms with Gasteiger partial charge in [-0.05, 0) is 62.8 Å². The van der Waals surface area contributed by atoms with Crippen LogP contribution < -0.4 is 4.74 Å². The third-order valence-electron chi connectivity index (χ3n) is 8.33. The highest BCUT2D eigenvalue weighted by molar-refractivity contribution is 5.90. The second-order valence-corrected chi connectivity index (χ2v) is 11.6. The average Bonchev–Trinajstić information content (AvgIpc) is 3.00. The highest BCUT2D eigenvalue weighted by atomic mass is 16.5. The van der Waals surface area contributed by atoms with Crippen LogP contribution in [0.2, 0.25) is 0 Å². The minimum absolute atomic E-state index is 0.107. The lowest BCUT2D eigenvalue weighted by Crippen LogP contribution is -2.31. The minimum Gasteiger partial charge on any atom is -0.492 e. The number of ether oxygens (including phenoxy) is 2. The number of carbonyl (C=O) groups is 1. The predicted molar refractivity (Wildman–Crippen MR) is 162 cm³/mol. The topological polar surface area (TPSA) is 72.2 Å². The second-order valence-electron chi connectivity index (χ2n) is 11.6. The zero-order valence-corrected chi connectivity index (χ0v) is 25.0. The molecule has 1 aliphatic rings. The van der Waals surface area contributed by atoms with Crippen LogP contribution in [-0.4, -0.2) is 23.7 Å². The molecule has 3 rings (SSSR count). The van der Waals surface area contributed by atoms with Crippen LogP contribution in [0.25, 0.3) is 11.3 Å². The molecule has 0 amide bonds. The lowest BCUT2D eigenvalue weighted by atomic mass is 9.71. The maximum Gasteiger partial charge on any atom is 0.338 e. The molecule has 218 valence electrons. The summed E-state index contributed by atoms with van der Waals surface area (Å²) >= 11 is 0. The van der Waals surface area contributed by atoms with E-state index in [-0.39, 0.29) is 17.5 Å². The molecule has 0 saturated heterocycles. The normalized spacial score (nSPS) is 18.7. The molecule has 5 nitrogen and oxygen atoms in total. The Morgan fingerprint density at radius 2 is 1.50 bits per heavy atom. The number of esters is 1. The second kappa shape index (κ2) is 17.7. The van der Waals surface area contributed by atoms with Gasteiger partial charge in [-0.3, -0.25) is 4.98 Å².